The fourth-order valence-electron chi connectivity index (χ4n) is 2.03. The van der Waals surface area contributed by atoms with E-state index in [2.05, 4.69) is 32.7 Å². The molecule has 2 N–H and O–H groups in total. The Morgan fingerprint density at radius 1 is 1.06 bits per heavy atom. The van der Waals surface area contributed by atoms with Crippen LogP contribution in [0.3, 0.4) is 0 Å². The first-order valence-electron chi connectivity index (χ1n) is 6.98. The van der Waals surface area contributed by atoms with Crippen LogP contribution in [0.2, 0.25) is 0 Å². The van der Waals surface area contributed by atoms with Crippen LogP contribution >= 0.6 is 0 Å². The van der Waals surface area contributed by atoms with E-state index < -0.39 is 0 Å². The van der Waals surface area contributed by atoms with E-state index in [1.807, 2.05) is 0 Å². The van der Waals surface area contributed by atoms with Gasteiger partial charge in [-0.15, -0.1) is 0 Å². The van der Waals surface area contributed by atoms with E-state index in [-0.39, 0.29) is 0 Å². The molecule has 16 heavy (non-hydrogen) atoms. The molecular formula is C14H32N2. The lowest BCUT2D eigenvalue weighted by molar-refractivity contribution is 0.290. The van der Waals surface area contributed by atoms with Crippen molar-refractivity contribution in [3.63, 3.8) is 0 Å². The summed E-state index contributed by atoms with van der Waals surface area (Å²) >= 11 is 0. The maximum absolute atomic E-state index is 5.61. The van der Waals surface area contributed by atoms with Gasteiger partial charge in [-0.25, -0.2) is 0 Å². The van der Waals surface area contributed by atoms with Crippen LogP contribution in [0.5, 0.6) is 0 Å². The molecule has 0 aliphatic carbocycles. The number of hydrogen-bond donors (Lipinski definition) is 1. The Morgan fingerprint density at radius 2 is 1.75 bits per heavy atom. The van der Waals surface area contributed by atoms with Gasteiger partial charge in [-0.1, -0.05) is 27.2 Å². The molecule has 0 rings (SSSR count). The summed E-state index contributed by atoms with van der Waals surface area (Å²) in [6, 6.07) is 0. The van der Waals surface area contributed by atoms with Crippen LogP contribution in [0.4, 0.5) is 0 Å². The lowest BCUT2D eigenvalue weighted by Crippen LogP contribution is -2.22. The number of nitrogens with zero attached hydrogens (tertiary/aromatic N) is 1. The average Bonchev–Trinajstić information content (AvgIpc) is 2.25. The summed E-state index contributed by atoms with van der Waals surface area (Å²) in [6.45, 7) is 10.2. The van der Waals surface area contributed by atoms with Crippen molar-refractivity contribution in [2.24, 2.45) is 17.6 Å². The van der Waals surface area contributed by atoms with E-state index in [4.69, 9.17) is 5.73 Å². The highest BCUT2D eigenvalue weighted by molar-refractivity contribution is 4.61. The summed E-state index contributed by atoms with van der Waals surface area (Å²) in [5.41, 5.74) is 5.61. The number of hydrogen-bond acceptors (Lipinski definition) is 2. The first kappa shape index (κ1) is 15.9. The average molecular weight is 228 g/mol. The van der Waals surface area contributed by atoms with Crippen molar-refractivity contribution in [3.05, 3.63) is 0 Å². The topological polar surface area (TPSA) is 29.3 Å². The lowest BCUT2D eigenvalue weighted by Gasteiger charge is -2.19. The van der Waals surface area contributed by atoms with Crippen molar-refractivity contribution in [2.75, 3.05) is 26.7 Å². The van der Waals surface area contributed by atoms with E-state index in [0.29, 0.717) is 0 Å². The monoisotopic (exact) mass is 228 g/mol. The summed E-state index contributed by atoms with van der Waals surface area (Å²) in [6.07, 6.45) is 6.47. The van der Waals surface area contributed by atoms with E-state index in [0.717, 1.165) is 18.4 Å². The molecule has 0 fully saturated rings. The standard InChI is InChI=1S/C14H32N2/c1-5-14(8-10-15)7-6-11-16(4)12-9-13(2)3/h13-14H,5-12,15H2,1-4H3. The van der Waals surface area contributed by atoms with E-state index >= 15 is 0 Å². The Morgan fingerprint density at radius 3 is 2.25 bits per heavy atom. The van der Waals surface area contributed by atoms with Crippen molar-refractivity contribution >= 4 is 0 Å². The van der Waals surface area contributed by atoms with E-state index in [9.17, 15) is 0 Å². The molecule has 0 aromatic carbocycles. The SMILES string of the molecule is CCC(CCN)CCCN(C)CCC(C)C. The predicted molar refractivity (Wildman–Crippen MR) is 73.6 cm³/mol. The van der Waals surface area contributed by atoms with Crippen LogP contribution < -0.4 is 5.73 Å². The zero-order chi connectivity index (χ0) is 12.4. The zero-order valence-electron chi connectivity index (χ0n) is 11.8. The first-order valence-corrected chi connectivity index (χ1v) is 6.98. The van der Waals surface area contributed by atoms with Gasteiger partial charge in [-0.2, -0.15) is 0 Å². The fourth-order valence-corrected chi connectivity index (χ4v) is 2.03. The number of rotatable bonds is 10. The molecule has 98 valence electrons. The van der Waals surface area contributed by atoms with Crippen molar-refractivity contribution in [2.45, 2.75) is 52.9 Å². The van der Waals surface area contributed by atoms with Gasteiger partial charge in [0, 0.05) is 0 Å². The molecule has 0 heterocycles. The minimum absolute atomic E-state index is 0.822. The fraction of sp³-hybridized carbons (Fsp3) is 1.00. The van der Waals surface area contributed by atoms with Gasteiger partial charge in [0.25, 0.3) is 0 Å². The molecule has 1 unspecified atom stereocenters. The Hall–Kier alpha value is -0.0800. The van der Waals surface area contributed by atoms with Gasteiger partial charge < -0.3 is 10.6 Å². The van der Waals surface area contributed by atoms with Gasteiger partial charge >= 0.3 is 0 Å². The van der Waals surface area contributed by atoms with E-state index in [1.165, 1.54) is 45.2 Å². The van der Waals surface area contributed by atoms with Crippen LogP contribution in [0, 0.1) is 11.8 Å². The van der Waals surface area contributed by atoms with Crippen LogP contribution in [0.15, 0.2) is 0 Å². The molecule has 2 heteroatoms. The summed E-state index contributed by atoms with van der Waals surface area (Å²) < 4.78 is 0. The number of nitrogens with two attached hydrogens (primary N) is 1. The Labute approximate surface area is 103 Å². The highest BCUT2D eigenvalue weighted by atomic mass is 15.1. The maximum atomic E-state index is 5.61. The molecule has 0 saturated carbocycles. The third-order valence-electron chi connectivity index (χ3n) is 3.39. The molecule has 0 amide bonds. The minimum Gasteiger partial charge on any atom is -0.330 e. The van der Waals surface area contributed by atoms with Gasteiger partial charge in [0.1, 0.15) is 0 Å². The largest absolute Gasteiger partial charge is 0.330 e. The molecule has 0 spiro atoms. The summed E-state index contributed by atoms with van der Waals surface area (Å²) in [5, 5.41) is 0. The second-order valence-electron chi connectivity index (χ2n) is 5.48. The Kier molecular flexibility index (Phi) is 10.0. The van der Waals surface area contributed by atoms with Crippen molar-refractivity contribution in [1.82, 2.24) is 4.90 Å². The zero-order valence-corrected chi connectivity index (χ0v) is 11.8. The quantitative estimate of drug-likeness (QED) is 0.622. The first-order chi connectivity index (χ1) is 7.60. The van der Waals surface area contributed by atoms with Gasteiger partial charge in [0.15, 0.2) is 0 Å². The molecule has 0 radical (unpaired) electrons. The molecule has 1 atom stereocenters. The smallest absolute Gasteiger partial charge is 0.00194 e. The van der Waals surface area contributed by atoms with Crippen molar-refractivity contribution < 1.29 is 0 Å². The van der Waals surface area contributed by atoms with Crippen molar-refractivity contribution in [3.8, 4) is 0 Å². The predicted octanol–water partition coefficient (Wildman–Crippen LogP) is 3.12. The van der Waals surface area contributed by atoms with Crippen LogP contribution in [0.1, 0.15) is 52.9 Å². The summed E-state index contributed by atoms with van der Waals surface area (Å²) in [5.74, 6) is 1.67. The molecule has 0 aliphatic rings. The highest BCUT2D eigenvalue weighted by Gasteiger charge is 2.06. The van der Waals surface area contributed by atoms with Gasteiger partial charge in [-0.05, 0) is 64.2 Å². The Balaban J connectivity index is 3.47. The molecule has 2 nitrogen and oxygen atoms in total. The normalized spacial score (nSPS) is 13.7. The van der Waals surface area contributed by atoms with Crippen LogP contribution in [-0.2, 0) is 0 Å². The van der Waals surface area contributed by atoms with E-state index in [1.54, 1.807) is 0 Å². The molecule has 0 saturated heterocycles. The van der Waals surface area contributed by atoms with Crippen LogP contribution in [-0.4, -0.2) is 31.6 Å². The lowest BCUT2D eigenvalue weighted by atomic mass is 9.96. The van der Waals surface area contributed by atoms with Gasteiger partial charge in [-0.3, -0.25) is 0 Å². The third kappa shape index (κ3) is 9.17. The summed E-state index contributed by atoms with van der Waals surface area (Å²) in [7, 11) is 2.24. The minimum atomic E-state index is 0.822. The molecule has 0 aromatic rings. The highest BCUT2D eigenvalue weighted by Crippen LogP contribution is 2.14. The summed E-state index contributed by atoms with van der Waals surface area (Å²) in [4.78, 5) is 2.47. The third-order valence-corrected chi connectivity index (χ3v) is 3.39. The van der Waals surface area contributed by atoms with Crippen LogP contribution in [0.25, 0.3) is 0 Å². The second-order valence-corrected chi connectivity index (χ2v) is 5.48. The molecule has 0 aromatic heterocycles. The second kappa shape index (κ2) is 10.1. The molecule has 0 aliphatic heterocycles. The molecule has 0 bridgehead atoms. The maximum Gasteiger partial charge on any atom is -0.00194 e. The Bertz CT molecular complexity index is 146. The molecular weight excluding hydrogens is 196 g/mol. The van der Waals surface area contributed by atoms with Gasteiger partial charge in [0.2, 0.25) is 0 Å². The van der Waals surface area contributed by atoms with Crippen molar-refractivity contribution in [1.29, 1.82) is 0 Å². The van der Waals surface area contributed by atoms with Gasteiger partial charge in [0.05, 0.1) is 0 Å².